The second kappa shape index (κ2) is 8.53. The zero-order valence-corrected chi connectivity index (χ0v) is 17.0. The number of thioether (sulfide) groups is 1. The molecule has 1 fully saturated rings. The minimum absolute atomic E-state index is 0.108. The molecule has 2 aliphatic heterocycles. The van der Waals surface area contributed by atoms with Crippen molar-refractivity contribution in [1.29, 1.82) is 0 Å². The van der Waals surface area contributed by atoms with Crippen LogP contribution in [0.5, 0.6) is 0 Å². The number of anilines is 2. The molecular formula is C22H22N4O2S. The van der Waals surface area contributed by atoms with E-state index in [9.17, 15) is 9.59 Å². The van der Waals surface area contributed by atoms with Gasteiger partial charge in [0.25, 0.3) is 5.91 Å². The van der Waals surface area contributed by atoms with Crippen LogP contribution in [0.3, 0.4) is 0 Å². The number of aliphatic imine (C=N–C) groups is 1. The SMILES string of the molecule is CC(=O)Nc1ccc(C=C2SC(N3CCN(c4ccccc4)CC3)=NC2=O)cc1. The fourth-order valence-corrected chi connectivity index (χ4v) is 4.31. The van der Waals surface area contributed by atoms with Crippen molar-refractivity contribution in [1.82, 2.24) is 4.90 Å². The summed E-state index contributed by atoms with van der Waals surface area (Å²) in [5.41, 5.74) is 2.87. The van der Waals surface area contributed by atoms with E-state index in [0.29, 0.717) is 4.91 Å². The van der Waals surface area contributed by atoms with E-state index >= 15 is 0 Å². The molecule has 6 nitrogen and oxygen atoms in total. The first-order chi connectivity index (χ1) is 14.1. The zero-order chi connectivity index (χ0) is 20.2. The quantitative estimate of drug-likeness (QED) is 0.791. The lowest BCUT2D eigenvalue weighted by Crippen LogP contribution is -2.47. The van der Waals surface area contributed by atoms with Crippen LogP contribution in [0.15, 0.2) is 64.5 Å². The second-order valence-corrected chi connectivity index (χ2v) is 7.93. The first-order valence-electron chi connectivity index (χ1n) is 9.54. The number of carbonyl (C=O) groups excluding carboxylic acids is 2. The second-order valence-electron chi connectivity index (χ2n) is 6.92. The normalized spacial score (nSPS) is 18.2. The average molecular weight is 407 g/mol. The molecule has 0 bridgehead atoms. The molecule has 7 heteroatoms. The molecule has 0 atom stereocenters. The number of amides is 2. The first-order valence-corrected chi connectivity index (χ1v) is 10.4. The maximum absolute atomic E-state index is 12.4. The van der Waals surface area contributed by atoms with Crippen LogP contribution in [0.1, 0.15) is 12.5 Å². The summed E-state index contributed by atoms with van der Waals surface area (Å²) < 4.78 is 0. The number of hydrogen-bond donors (Lipinski definition) is 1. The van der Waals surface area contributed by atoms with E-state index < -0.39 is 0 Å². The Labute approximate surface area is 174 Å². The Morgan fingerprint density at radius 2 is 1.66 bits per heavy atom. The Bertz CT molecular complexity index is 962. The maximum atomic E-state index is 12.4. The smallest absolute Gasteiger partial charge is 0.286 e. The summed E-state index contributed by atoms with van der Waals surface area (Å²) in [5, 5.41) is 3.52. The van der Waals surface area contributed by atoms with Gasteiger partial charge in [0.1, 0.15) is 0 Å². The van der Waals surface area contributed by atoms with E-state index in [1.165, 1.54) is 24.4 Å². The highest BCUT2D eigenvalue weighted by Gasteiger charge is 2.28. The van der Waals surface area contributed by atoms with Gasteiger partial charge in [-0.05, 0) is 47.7 Å². The zero-order valence-electron chi connectivity index (χ0n) is 16.2. The monoisotopic (exact) mass is 406 g/mol. The van der Waals surface area contributed by atoms with Crippen LogP contribution in [-0.2, 0) is 9.59 Å². The number of para-hydroxylation sites is 1. The van der Waals surface area contributed by atoms with E-state index in [-0.39, 0.29) is 11.8 Å². The molecule has 2 aromatic rings. The van der Waals surface area contributed by atoms with Crippen LogP contribution >= 0.6 is 11.8 Å². The Morgan fingerprint density at radius 3 is 2.31 bits per heavy atom. The van der Waals surface area contributed by atoms with Gasteiger partial charge in [0.2, 0.25) is 5.91 Å². The van der Waals surface area contributed by atoms with E-state index in [1.54, 1.807) is 0 Å². The molecule has 0 spiro atoms. The molecule has 0 aliphatic carbocycles. The lowest BCUT2D eigenvalue weighted by molar-refractivity contribution is -0.114. The van der Waals surface area contributed by atoms with Gasteiger partial charge in [0, 0.05) is 44.5 Å². The van der Waals surface area contributed by atoms with Crippen molar-refractivity contribution in [3.8, 4) is 0 Å². The third-order valence-electron chi connectivity index (χ3n) is 4.81. The molecule has 2 aliphatic rings. The number of nitrogens with one attached hydrogen (secondary N) is 1. The standard InChI is InChI=1S/C22H22N4O2S/c1-16(27)23-18-9-7-17(8-10-18)15-20-21(28)24-22(29-20)26-13-11-25(12-14-26)19-5-3-2-4-6-19/h2-10,15H,11-14H2,1H3,(H,23,27). The topological polar surface area (TPSA) is 65.0 Å². The molecule has 148 valence electrons. The number of carbonyl (C=O) groups is 2. The van der Waals surface area contributed by atoms with Crippen LogP contribution in [0.25, 0.3) is 6.08 Å². The van der Waals surface area contributed by atoms with Crippen molar-refractivity contribution < 1.29 is 9.59 Å². The Morgan fingerprint density at radius 1 is 1.00 bits per heavy atom. The molecule has 2 amide bonds. The average Bonchev–Trinajstić information content (AvgIpc) is 3.10. The highest BCUT2D eigenvalue weighted by Crippen LogP contribution is 2.31. The lowest BCUT2D eigenvalue weighted by atomic mass is 10.2. The van der Waals surface area contributed by atoms with Gasteiger partial charge in [0.05, 0.1) is 4.91 Å². The van der Waals surface area contributed by atoms with Crippen molar-refractivity contribution in [2.24, 2.45) is 4.99 Å². The first kappa shape index (κ1) is 19.3. The van der Waals surface area contributed by atoms with E-state index in [1.807, 2.05) is 36.4 Å². The van der Waals surface area contributed by atoms with Crippen molar-refractivity contribution in [3.05, 3.63) is 65.1 Å². The molecule has 2 aromatic carbocycles. The molecule has 1 N–H and O–H groups in total. The Kier molecular flexibility index (Phi) is 5.67. The predicted octanol–water partition coefficient (Wildman–Crippen LogP) is 3.44. The Balaban J connectivity index is 1.37. The number of nitrogens with zero attached hydrogens (tertiary/aromatic N) is 3. The number of rotatable bonds is 3. The molecule has 0 radical (unpaired) electrons. The van der Waals surface area contributed by atoms with Gasteiger partial charge in [-0.2, -0.15) is 4.99 Å². The number of piperazine rings is 1. The van der Waals surface area contributed by atoms with Crippen LogP contribution in [-0.4, -0.2) is 48.1 Å². The molecular weight excluding hydrogens is 384 g/mol. The van der Waals surface area contributed by atoms with Crippen molar-refractivity contribution >= 4 is 46.2 Å². The minimum Gasteiger partial charge on any atom is -0.368 e. The minimum atomic E-state index is -0.193. The van der Waals surface area contributed by atoms with Gasteiger partial charge in [-0.15, -0.1) is 0 Å². The Hall–Kier alpha value is -3.06. The van der Waals surface area contributed by atoms with Crippen LogP contribution < -0.4 is 10.2 Å². The van der Waals surface area contributed by atoms with Gasteiger partial charge < -0.3 is 15.1 Å². The predicted molar refractivity (Wildman–Crippen MR) is 119 cm³/mol. The molecule has 1 saturated heterocycles. The van der Waals surface area contributed by atoms with E-state index in [2.05, 4.69) is 44.4 Å². The third-order valence-corrected chi connectivity index (χ3v) is 5.85. The highest BCUT2D eigenvalue weighted by molar-refractivity contribution is 8.18. The number of amidine groups is 1. The van der Waals surface area contributed by atoms with E-state index in [0.717, 1.165) is 42.6 Å². The van der Waals surface area contributed by atoms with Crippen LogP contribution in [0.2, 0.25) is 0 Å². The van der Waals surface area contributed by atoms with Crippen molar-refractivity contribution in [2.75, 3.05) is 36.4 Å². The summed E-state index contributed by atoms with van der Waals surface area (Å²) in [7, 11) is 0. The van der Waals surface area contributed by atoms with Crippen molar-refractivity contribution in [3.63, 3.8) is 0 Å². The fraction of sp³-hybridized carbons (Fsp3) is 0.227. The summed E-state index contributed by atoms with van der Waals surface area (Å²) in [6, 6.07) is 17.8. The summed E-state index contributed by atoms with van der Waals surface area (Å²) >= 11 is 1.43. The van der Waals surface area contributed by atoms with Crippen molar-refractivity contribution in [2.45, 2.75) is 6.92 Å². The number of hydrogen-bond acceptors (Lipinski definition) is 5. The van der Waals surface area contributed by atoms with E-state index in [4.69, 9.17) is 0 Å². The summed E-state index contributed by atoms with van der Waals surface area (Å²) in [5.74, 6) is -0.301. The highest BCUT2D eigenvalue weighted by atomic mass is 32.2. The molecule has 4 rings (SSSR count). The fourth-order valence-electron chi connectivity index (χ4n) is 3.35. The largest absolute Gasteiger partial charge is 0.368 e. The molecule has 0 saturated carbocycles. The molecule has 29 heavy (non-hydrogen) atoms. The molecule has 0 unspecified atom stereocenters. The third kappa shape index (κ3) is 4.68. The van der Waals surface area contributed by atoms with Gasteiger partial charge in [-0.25, -0.2) is 0 Å². The maximum Gasteiger partial charge on any atom is 0.286 e. The van der Waals surface area contributed by atoms with Crippen LogP contribution in [0.4, 0.5) is 11.4 Å². The van der Waals surface area contributed by atoms with Gasteiger partial charge in [0.15, 0.2) is 5.17 Å². The number of benzene rings is 2. The van der Waals surface area contributed by atoms with Gasteiger partial charge in [-0.3, -0.25) is 9.59 Å². The lowest BCUT2D eigenvalue weighted by Gasteiger charge is -2.36. The molecule has 2 heterocycles. The summed E-state index contributed by atoms with van der Waals surface area (Å²) in [6.45, 7) is 4.96. The summed E-state index contributed by atoms with van der Waals surface area (Å²) in [4.78, 5) is 32.9. The molecule has 0 aromatic heterocycles. The van der Waals surface area contributed by atoms with Gasteiger partial charge in [-0.1, -0.05) is 30.3 Å². The van der Waals surface area contributed by atoms with Gasteiger partial charge >= 0.3 is 0 Å². The summed E-state index contributed by atoms with van der Waals surface area (Å²) in [6.07, 6.45) is 1.85. The van der Waals surface area contributed by atoms with Crippen LogP contribution in [0, 0.1) is 0 Å².